The van der Waals surface area contributed by atoms with E-state index in [1.54, 1.807) is 0 Å². The number of carbonyl (C=O) groups is 1. The van der Waals surface area contributed by atoms with Crippen LogP contribution in [0.2, 0.25) is 0 Å². The highest BCUT2D eigenvalue weighted by molar-refractivity contribution is 7.80. The van der Waals surface area contributed by atoms with E-state index in [0.717, 1.165) is 11.4 Å². The number of rotatable bonds is 5. The molecule has 0 amide bonds. The van der Waals surface area contributed by atoms with Crippen molar-refractivity contribution in [2.45, 2.75) is 27.7 Å². The van der Waals surface area contributed by atoms with Crippen LogP contribution in [0.1, 0.15) is 27.7 Å². The second kappa shape index (κ2) is 17.9. The van der Waals surface area contributed by atoms with Crippen LogP contribution in [-0.4, -0.2) is 27.9 Å². The Balaban J connectivity index is 0. The fourth-order valence-electron chi connectivity index (χ4n) is 1.30. The molecule has 0 saturated heterocycles. The predicted molar refractivity (Wildman–Crippen MR) is 110 cm³/mol. The van der Waals surface area contributed by atoms with Crippen LogP contribution in [0.5, 0.6) is 0 Å². The number of anilines is 1. The van der Waals surface area contributed by atoms with Crippen LogP contribution in [0, 0.1) is 0 Å². The van der Waals surface area contributed by atoms with E-state index in [9.17, 15) is 0 Å². The minimum atomic E-state index is -1.19. The van der Waals surface area contributed by atoms with Crippen molar-refractivity contribution >= 4 is 29.0 Å². The van der Waals surface area contributed by atoms with Gasteiger partial charge in [0.25, 0.3) is 0 Å². The Hall–Kier alpha value is -2.44. The van der Waals surface area contributed by atoms with Crippen molar-refractivity contribution in [2.75, 3.05) is 11.9 Å². The Kier molecular flexibility index (Phi) is 17.8. The molecular weight excluding hydrogens is 336 g/mol. The van der Waals surface area contributed by atoms with Crippen LogP contribution in [0.4, 0.5) is 5.69 Å². The van der Waals surface area contributed by atoms with Gasteiger partial charge in [0.05, 0.1) is 0 Å². The molecule has 0 aliphatic rings. The molecule has 1 aromatic rings. The minimum absolute atomic E-state index is 0.583. The SMILES string of the molecule is CC.C\C=C/C=C\C(=C/C)NC(=S)Nc1ccccc1.O=C(O)CO. The lowest BCUT2D eigenvalue weighted by Gasteiger charge is -2.10. The zero-order valence-electron chi connectivity index (χ0n) is 15.2. The summed E-state index contributed by atoms with van der Waals surface area (Å²) in [6.45, 7) is 7.17. The fourth-order valence-corrected chi connectivity index (χ4v) is 1.53. The van der Waals surface area contributed by atoms with Crippen molar-refractivity contribution < 1.29 is 15.0 Å². The third kappa shape index (κ3) is 16.2. The van der Waals surface area contributed by atoms with Gasteiger partial charge in [-0.3, -0.25) is 0 Å². The number of carboxylic acids is 1. The molecule has 1 rings (SSSR count). The first kappa shape index (κ1) is 24.8. The Labute approximate surface area is 155 Å². The Morgan fingerprint density at radius 3 is 2.16 bits per heavy atom. The number of hydrogen-bond donors (Lipinski definition) is 4. The lowest BCUT2D eigenvalue weighted by Crippen LogP contribution is -2.27. The molecule has 0 aromatic heterocycles. The molecule has 5 nitrogen and oxygen atoms in total. The number of thiocarbonyl (C=S) groups is 1. The van der Waals surface area contributed by atoms with Gasteiger partial charge in [0.1, 0.15) is 6.61 Å². The smallest absolute Gasteiger partial charge is 0.329 e. The van der Waals surface area contributed by atoms with E-state index < -0.39 is 12.6 Å². The molecule has 0 fully saturated rings. The lowest BCUT2D eigenvalue weighted by molar-refractivity contribution is -0.140. The molecule has 6 heteroatoms. The topological polar surface area (TPSA) is 81.6 Å². The number of para-hydroxylation sites is 1. The molecule has 0 saturated carbocycles. The summed E-state index contributed by atoms with van der Waals surface area (Å²) in [5.41, 5.74) is 1.93. The molecule has 0 aliphatic carbocycles. The largest absolute Gasteiger partial charge is 0.480 e. The molecule has 0 unspecified atom stereocenters. The molecule has 1 aromatic carbocycles. The van der Waals surface area contributed by atoms with Crippen molar-refractivity contribution in [2.24, 2.45) is 0 Å². The van der Waals surface area contributed by atoms with Gasteiger partial charge < -0.3 is 20.8 Å². The number of aliphatic hydroxyl groups excluding tert-OH is 1. The molecule has 0 bridgehead atoms. The second-order valence-corrected chi connectivity index (χ2v) is 4.53. The Morgan fingerprint density at radius 2 is 1.72 bits per heavy atom. The average Bonchev–Trinajstić information content (AvgIpc) is 2.64. The quantitative estimate of drug-likeness (QED) is 0.465. The van der Waals surface area contributed by atoms with Gasteiger partial charge in [-0.05, 0) is 44.3 Å². The summed E-state index contributed by atoms with van der Waals surface area (Å²) in [4.78, 5) is 9.12. The maximum absolute atomic E-state index is 9.12. The Bertz CT molecular complexity index is 567. The summed E-state index contributed by atoms with van der Waals surface area (Å²) in [6.07, 6.45) is 9.86. The zero-order valence-corrected chi connectivity index (χ0v) is 16.0. The Morgan fingerprint density at radius 1 is 1.16 bits per heavy atom. The van der Waals surface area contributed by atoms with E-state index in [-0.39, 0.29) is 0 Å². The summed E-state index contributed by atoms with van der Waals surface area (Å²) in [7, 11) is 0. The van der Waals surface area contributed by atoms with Gasteiger partial charge >= 0.3 is 5.97 Å². The van der Waals surface area contributed by atoms with Gasteiger partial charge in [0.2, 0.25) is 0 Å². The van der Waals surface area contributed by atoms with Gasteiger partial charge in [-0.1, -0.05) is 56.4 Å². The van der Waals surface area contributed by atoms with Gasteiger partial charge in [-0.15, -0.1) is 0 Å². The van der Waals surface area contributed by atoms with Crippen LogP contribution in [0.15, 0.2) is 66.4 Å². The van der Waals surface area contributed by atoms with Crippen molar-refractivity contribution in [3.8, 4) is 0 Å². The van der Waals surface area contributed by atoms with Crippen LogP contribution in [0.3, 0.4) is 0 Å². The normalized spacial score (nSPS) is 10.4. The third-order valence-electron chi connectivity index (χ3n) is 2.32. The van der Waals surface area contributed by atoms with E-state index >= 15 is 0 Å². The van der Waals surface area contributed by atoms with Crippen molar-refractivity contribution in [3.05, 3.63) is 66.4 Å². The molecule has 25 heavy (non-hydrogen) atoms. The van der Waals surface area contributed by atoms with Gasteiger partial charge in [0, 0.05) is 11.4 Å². The number of hydrogen-bond acceptors (Lipinski definition) is 3. The molecule has 0 aliphatic heterocycles. The summed E-state index contributed by atoms with van der Waals surface area (Å²) in [5.74, 6) is -1.19. The van der Waals surface area contributed by atoms with Gasteiger partial charge in [-0.2, -0.15) is 0 Å². The molecule has 0 atom stereocenters. The summed E-state index contributed by atoms with van der Waals surface area (Å²) < 4.78 is 0. The summed E-state index contributed by atoms with van der Waals surface area (Å²) in [5, 5.41) is 21.9. The van der Waals surface area contributed by atoms with Crippen LogP contribution in [0.25, 0.3) is 0 Å². The van der Waals surface area contributed by atoms with Gasteiger partial charge in [0.15, 0.2) is 5.11 Å². The molecule has 0 spiro atoms. The first-order valence-electron chi connectivity index (χ1n) is 7.94. The van der Waals surface area contributed by atoms with Crippen molar-refractivity contribution in [1.29, 1.82) is 0 Å². The molecule has 4 N–H and O–H groups in total. The van der Waals surface area contributed by atoms with E-state index in [0.29, 0.717) is 5.11 Å². The molecule has 138 valence electrons. The number of aliphatic carboxylic acids is 1. The lowest BCUT2D eigenvalue weighted by atomic mass is 10.3. The zero-order chi connectivity index (χ0) is 19.5. The van der Waals surface area contributed by atoms with Crippen LogP contribution < -0.4 is 10.6 Å². The third-order valence-corrected chi connectivity index (χ3v) is 2.52. The number of benzene rings is 1. The highest BCUT2D eigenvalue weighted by Crippen LogP contribution is 2.05. The maximum Gasteiger partial charge on any atom is 0.329 e. The highest BCUT2D eigenvalue weighted by atomic mass is 32.1. The summed E-state index contributed by atoms with van der Waals surface area (Å²) >= 11 is 5.24. The van der Waals surface area contributed by atoms with E-state index in [4.69, 9.17) is 27.2 Å². The van der Waals surface area contributed by atoms with Crippen molar-refractivity contribution in [3.63, 3.8) is 0 Å². The summed E-state index contributed by atoms with van der Waals surface area (Å²) in [6, 6.07) is 9.84. The molecule has 0 radical (unpaired) electrons. The van der Waals surface area contributed by atoms with Crippen molar-refractivity contribution in [1.82, 2.24) is 5.32 Å². The van der Waals surface area contributed by atoms with Gasteiger partial charge in [-0.25, -0.2) is 4.79 Å². The standard InChI is InChI=1S/C15H18N2S.C2H4O3.C2H6/c1-3-5-7-10-13(4-2)16-15(18)17-14-11-8-6-9-12-14;3-1-2(4)5;1-2/h3-12H,1-2H3,(H2,16,17,18);3H,1H2,(H,4,5);1-2H3/b5-3-,10-7-,13-4+;;. The second-order valence-electron chi connectivity index (χ2n) is 4.13. The first-order valence-corrected chi connectivity index (χ1v) is 8.35. The maximum atomic E-state index is 9.12. The molecular formula is C19H28N2O3S. The molecule has 0 heterocycles. The number of nitrogens with one attached hydrogen (secondary N) is 2. The first-order chi connectivity index (χ1) is 12.0. The fraction of sp³-hybridized carbons (Fsp3) is 0.263. The predicted octanol–water partition coefficient (Wildman–Crippen LogP) is 4.10. The number of allylic oxidation sites excluding steroid dienone is 5. The highest BCUT2D eigenvalue weighted by Gasteiger charge is 1.97. The van der Waals surface area contributed by atoms with E-state index in [2.05, 4.69) is 10.6 Å². The number of aliphatic hydroxyl groups is 1. The van der Waals surface area contributed by atoms with Crippen LogP contribution >= 0.6 is 12.2 Å². The van der Waals surface area contributed by atoms with Crippen LogP contribution in [-0.2, 0) is 4.79 Å². The average molecular weight is 365 g/mol. The monoisotopic (exact) mass is 364 g/mol. The minimum Gasteiger partial charge on any atom is -0.480 e. The number of carboxylic acid groups (broad SMARTS) is 1. The van der Waals surface area contributed by atoms with E-state index in [1.807, 2.05) is 88.4 Å². The van der Waals surface area contributed by atoms with E-state index in [1.165, 1.54) is 0 Å².